The highest BCUT2D eigenvalue weighted by molar-refractivity contribution is 5.70. The van der Waals surface area contributed by atoms with Crippen LogP contribution in [-0.4, -0.2) is 24.1 Å². The molecule has 0 aliphatic rings. The van der Waals surface area contributed by atoms with Gasteiger partial charge in [0, 0.05) is 12.8 Å². The van der Waals surface area contributed by atoms with E-state index < -0.39 is 12.2 Å². The third-order valence-corrected chi connectivity index (χ3v) is 1.87. The summed E-state index contributed by atoms with van der Waals surface area (Å²) in [6.07, 6.45) is -0.117. The topological polar surface area (TPSA) is 52.6 Å². The maximum atomic E-state index is 10.9. The standard InChI is InChI=1S/C10H18O4/c1-5-9(11)13-7(3)8(4)14-10(12)6-2/h7-8H,5-6H2,1-4H3/t7-,8+. The first-order chi connectivity index (χ1) is 6.51. The number of ether oxygens (including phenoxy) is 2. The minimum Gasteiger partial charge on any atom is -0.459 e. The third kappa shape index (κ3) is 4.84. The van der Waals surface area contributed by atoms with Crippen molar-refractivity contribution in [3.8, 4) is 0 Å². The van der Waals surface area contributed by atoms with E-state index in [2.05, 4.69) is 0 Å². The van der Waals surface area contributed by atoms with Crippen LogP contribution in [0.25, 0.3) is 0 Å². The number of esters is 2. The smallest absolute Gasteiger partial charge is 0.305 e. The van der Waals surface area contributed by atoms with Crippen molar-refractivity contribution in [2.24, 2.45) is 0 Å². The van der Waals surface area contributed by atoms with E-state index in [4.69, 9.17) is 9.47 Å². The lowest BCUT2D eigenvalue weighted by molar-refractivity contribution is -0.164. The molecule has 0 fully saturated rings. The number of hydrogen-bond donors (Lipinski definition) is 0. The van der Waals surface area contributed by atoms with Gasteiger partial charge in [0.2, 0.25) is 0 Å². The second-order valence-electron chi connectivity index (χ2n) is 3.10. The molecule has 0 aromatic carbocycles. The van der Waals surface area contributed by atoms with E-state index in [-0.39, 0.29) is 11.9 Å². The second kappa shape index (κ2) is 6.40. The predicted octanol–water partition coefficient (Wildman–Crippen LogP) is 1.67. The quantitative estimate of drug-likeness (QED) is 0.636. The second-order valence-corrected chi connectivity index (χ2v) is 3.10. The van der Waals surface area contributed by atoms with Crippen molar-refractivity contribution in [2.75, 3.05) is 0 Å². The molecule has 0 aliphatic heterocycles. The summed E-state index contributed by atoms with van der Waals surface area (Å²) in [4.78, 5) is 21.8. The SMILES string of the molecule is CCC(=O)O[C@@H](C)[C@@H](C)OC(=O)CC. The van der Waals surface area contributed by atoms with E-state index in [0.29, 0.717) is 12.8 Å². The van der Waals surface area contributed by atoms with E-state index in [0.717, 1.165) is 0 Å². The Morgan fingerprint density at radius 1 is 0.929 bits per heavy atom. The Morgan fingerprint density at radius 3 is 1.43 bits per heavy atom. The molecule has 0 radical (unpaired) electrons. The summed E-state index contributed by atoms with van der Waals surface area (Å²) in [5, 5.41) is 0. The van der Waals surface area contributed by atoms with Crippen LogP contribution < -0.4 is 0 Å². The monoisotopic (exact) mass is 202 g/mol. The van der Waals surface area contributed by atoms with Gasteiger partial charge in [-0.3, -0.25) is 9.59 Å². The van der Waals surface area contributed by atoms with Gasteiger partial charge in [-0.1, -0.05) is 13.8 Å². The van der Waals surface area contributed by atoms with Gasteiger partial charge in [0.15, 0.2) is 0 Å². The molecule has 14 heavy (non-hydrogen) atoms. The molecule has 0 aromatic rings. The van der Waals surface area contributed by atoms with E-state index in [1.165, 1.54) is 0 Å². The Kier molecular flexibility index (Phi) is 5.92. The summed E-state index contributed by atoms with van der Waals surface area (Å²) in [5.41, 5.74) is 0. The molecule has 0 aromatic heterocycles. The van der Waals surface area contributed by atoms with Gasteiger partial charge in [0.05, 0.1) is 0 Å². The van der Waals surface area contributed by atoms with Gasteiger partial charge in [-0.2, -0.15) is 0 Å². The van der Waals surface area contributed by atoms with Crippen LogP contribution in [0.5, 0.6) is 0 Å². The van der Waals surface area contributed by atoms with Crippen LogP contribution >= 0.6 is 0 Å². The number of carbonyl (C=O) groups excluding carboxylic acids is 2. The lowest BCUT2D eigenvalue weighted by atomic mass is 10.2. The minimum atomic E-state index is -0.391. The molecule has 4 heteroatoms. The molecule has 0 spiro atoms. The molecule has 0 bridgehead atoms. The Hall–Kier alpha value is -1.06. The van der Waals surface area contributed by atoms with Crippen molar-refractivity contribution in [3.63, 3.8) is 0 Å². The summed E-state index contributed by atoms with van der Waals surface area (Å²) in [7, 11) is 0. The Bertz CT molecular complexity index is 178. The zero-order valence-corrected chi connectivity index (χ0v) is 9.20. The molecule has 2 atom stereocenters. The average Bonchev–Trinajstić information content (AvgIpc) is 2.17. The van der Waals surface area contributed by atoms with Crippen LogP contribution in [0.2, 0.25) is 0 Å². The largest absolute Gasteiger partial charge is 0.459 e. The molecule has 0 unspecified atom stereocenters. The van der Waals surface area contributed by atoms with Crippen molar-refractivity contribution in [1.82, 2.24) is 0 Å². The van der Waals surface area contributed by atoms with E-state index in [1.54, 1.807) is 27.7 Å². The molecule has 0 amide bonds. The maximum absolute atomic E-state index is 10.9. The van der Waals surface area contributed by atoms with Crippen molar-refractivity contribution in [3.05, 3.63) is 0 Å². The first-order valence-corrected chi connectivity index (χ1v) is 4.90. The molecule has 0 saturated carbocycles. The third-order valence-electron chi connectivity index (χ3n) is 1.87. The summed E-state index contributed by atoms with van der Waals surface area (Å²) in [5.74, 6) is -0.561. The highest BCUT2D eigenvalue weighted by Crippen LogP contribution is 2.05. The predicted molar refractivity (Wildman–Crippen MR) is 51.7 cm³/mol. The summed E-state index contributed by atoms with van der Waals surface area (Å²) in [6.45, 7) is 6.86. The van der Waals surface area contributed by atoms with Gasteiger partial charge >= 0.3 is 11.9 Å². The molecule has 0 saturated heterocycles. The fraction of sp³-hybridized carbons (Fsp3) is 0.800. The maximum Gasteiger partial charge on any atom is 0.305 e. The van der Waals surface area contributed by atoms with Gasteiger partial charge in [-0.05, 0) is 13.8 Å². The Balaban J connectivity index is 3.92. The van der Waals surface area contributed by atoms with Gasteiger partial charge in [-0.15, -0.1) is 0 Å². The normalized spacial score (nSPS) is 14.3. The molecular weight excluding hydrogens is 184 g/mol. The number of hydrogen-bond acceptors (Lipinski definition) is 4. The van der Waals surface area contributed by atoms with Crippen molar-refractivity contribution in [1.29, 1.82) is 0 Å². The molecule has 0 aliphatic carbocycles. The summed E-state index contributed by atoms with van der Waals surface area (Å²) >= 11 is 0. The van der Waals surface area contributed by atoms with Crippen LogP contribution in [0.1, 0.15) is 40.5 Å². The zero-order valence-electron chi connectivity index (χ0n) is 9.20. The van der Waals surface area contributed by atoms with E-state index in [9.17, 15) is 9.59 Å². The lowest BCUT2D eigenvalue weighted by Gasteiger charge is -2.20. The van der Waals surface area contributed by atoms with Gasteiger partial charge in [0.25, 0.3) is 0 Å². The first kappa shape index (κ1) is 12.9. The van der Waals surface area contributed by atoms with Crippen LogP contribution in [0.15, 0.2) is 0 Å². The van der Waals surface area contributed by atoms with Gasteiger partial charge in [-0.25, -0.2) is 0 Å². The van der Waals surface area contributed by atoms with Crippen LogP contribution in [0, 0.1) is 0 Å². The molecule has 0 N–H and O–H groups in total. The van der Waals surface area contributed by atoms with Gasteiger partial charge in [0.1, 0.15) is 12.2 Å². The van der Waals surface area contributed by atoms with E-state index in [1.807, 2.05) is 0 Å². The van der Waals surface area contributed by atoms with E-state index >= 15 is 0 Å². The fourth-order valence-corrected chi connectivity index (χ4v) is 0.773. The highest BCUT2D eigenvalue weighted by Gasteiger charge is 2.18. The number of carbonyl (C=O) groups is 2. The number of rotatable bonds is 5. The molecule has 0 rings (SSSR count). The van der Waals surface area contributed by atoms with Crippen molar-refractivity contribution in [2.45, 2.75) is 52.7 Å². The van der Waals surface area contributed by atoms with Crippen LogP contribution in [0.3, 0.4) is 0 Å². The average molecular weight is 202 g/mol. The molecule has 4 nitrogen and oxygen atoms in total. The molecule has 82 valence electrons. The molecule has 0 heterocycles. The highest BCUT2D eigenvalue weighted by atomic mass is 16.6. The molecular formula is C10H18O4. The lowest BCUT2D eigenvalue weighted by Crippen LogP contribution is -2.30. The fourth-order valence-electron chi connectivity index (χ4n) is 0.773. The van der Waals surface area contributed by atoms with Crippen molar-refractivity contribution < 1.29 is 19.1 Å². The Labute approximate surface area is 84.6 Å². The van der Waals surface area contributed by atoms with Crippen molar-refractivity contribution >= 4 is 11.9 Å². The zero-order chi connectivity index (χ0) is 11.1. The summed E-state index contributed by atoms with van der Waals surface area (Å²) < 4.78 is 9.98. The van der Waals surface area contributed by atoms with Gasteiger partial charge < -0.3 is 9.47 Å². The summed E-state index contributed by atoms with van der Waals surface area (Å²) in [6, 6.07) is 0. The Morgan fingerprint density at radius 2 is 1.21 bits per heavy atom. The minimum absolute atomic E-state index is 0.281. The van der Waals surface area contributed by atoms with Crippen LogP contribution in [-0.2, 0) is 19.1 Å². The van der Waals surface area contributed by atoms with Crippen LogP contribution in [0.4, 0.5) is 0 Å². The first-order valence-electron chi connectivity index (χ1n) is 4.90.